The molecule has 0 atom stereocenters. The van der Waals surface area contributed by atoms with Gasteiger partial charge in [0.2, 0.25) is 0 Å². The van der Waals surface area contributed by atoms with Gasteiger partial charge in [-0.3, -0.25) is 0 Å². The minimum atomic E-state index is 1.23. The topological polar surface area (TPSA) is 0 Å². The van der Waals surface area contributed by atoms with Crippen molar-refractivity contribution in [1.82, 2.24) is 0 Å². The molecule has 0 aliphatic rings. The van der Waals surface area contributed by atoms with Crippen molar-refractivity contribution in [3.63, 3.8) is 0 Å². The van der Waals surface area contributed by atoms with Gasteiger partial charge in [0, 0.05) is 0 Å². The third-order valence-electron chi connectivity index (χ3n) is 2.11. The highest BCUT2D eigenvalue weighted by Gasteiger charge is 1.94. The Balaban J connectivity index is 0. The molecule has 0 amide bonds. The van der Waals surface area contributed by atoms with Crippen LogP contribution in [0.25, 0.3) is 5.57 Å². The predicted octanol–water partition coefficient (Wildman–Crippen LogP) is 6.19. The second-order valence-corrected chi connectivity index (χ2v) is 3.20. The molecule has 0 nitrogen and oxygen atoms in total. The molecule has 0 unspecified atom stereocenters. The minimum Gasteiger partial charge on any atom is -0.0991 e. The van der Waals surface area contributed by atoms with Crippen LogP contribution >= 0.6 is 0 Å². The van der Waals surface area contributed by atoms with Crippen LogP contribution < -0.4 is 0 Å². The summed E-state index contributed by atoms with van der Waals surface area (Å²) >= 11 is 0. The Bertz CT molecular complexity index is 350. The third-order valence-corrected chi connectivity index (χ3v) is 2.11. The zero-order valence-corrected chi connectivity index (χ0v) is 12.8. The van der Waals surface area contributed by atoms with Gasteiger partial charge in [-0.05, 0) is 25.0 Å². The summed E-state index contributed by atoms with van der Waals surface area (Å²) in [5, 5.41) is 0. The summed E-state index contributed by atoms with van der Waals surface area (Å²) in [6.45, 7) is 15.8. The van der Waals surface area contributed by atoms with E-state index in [0.29, 0.717) is 0 Å². The number of allylic oxidation sites excluding steroid dienone is 5. The first-order valence-electron chi connectivity index (χ1n) is 6.80. The fourth-order valence-electron chi connectivity index (χ4n) is 1.28. The predicted molar refractivity (Wildman–Crippen MR) is 86.9 cm³/mol. The molecule has 0 spiro atoms. The molecule has 18 heavy (non-hydrogen) atoms. The summed E-state index contributed by atoms with van der Waals surface area (Å²) in [5.74, 6) is 0. The lowest BCUT2D eigenvalue weighted by Gasteiger charge is -2.01. The van der Waals surface area contributed by atoms with E-state index in [4.69, 9.17) is 0 Å². The van der Waals surface area contributed by atoms with E-state index in [-0.39, 0.29) is 0 Å². The maximum absolute atomic E-state index is 3.66. The third kappa shape index (κ3) is 7.67. The van der Waals surface area contributed by atoms with E-state index in [9.17, 15) is 0 Å². The van der Waals surface area contributed by atoms with E-state index in [1.54, 1.807) is 6.08 Å². The van der Waals surface area contributed by atoms with Crippen molar-refractivity contribution < 1.29 is 0 Å². The second kappa shape index (κ2) is 13.5. The lowest BCUT2D eigenvalue weighted by Crippen LogP contribution is -1.80. The van der Waals surface area contributed by atoms with Crippen LogP contribution in [0.1, 0.15) is 45.7 Å². The number of benzene rings is 1. The zero-order chi connectivity index (χ0) is 14.4. The van der Waals surface area contributed by atoms with Crippen LogP contribution in [0, 0.1) is 6.92 Å². The lowest BCUT2D eigenvalue weighted by molar-refractivity contribution is 1.45. The molecule has 0 heteroatoms. The minimum absolute atomic E-state index is 1.23. The molecule has 0 aliphatic carbocycles. The number of hydrogen-bond donors (Lipinski definition) is 0. The zero-order valence-electron chi connectivity index (χ0n) is 12.8. The van der Waals surface area contributed by atoms with E-state index in [1.165, 1.54) is 16.7 Å². The van der Waals surface area contributed by atoms with E-state index in [0.717, 1.165) is 0 Å². The van der Waals surface area contributed by atoms with Crippen molar-refractivity contribution in [3.8, 4) is 0 Å². The van der Waals surface area contributed by atoms with E-state index in [2.05, 4.69) is 49.9 Å². The average molecular weight is 244 g/mol. The number of aryl methyl sites for hydroxylation is 1. The Morgan fingerprint density at radius 3 is 1.89 bits per heavy atom. The highest BCUT2D eigenvalue weighted by Crippen LogP contribution is 2.16. The smallest absolute Gasteiger partial charge is 0.0187 e. The Morgan fingerprint density at radius 1 is 1.00 bits per heavy atom. The molecule has 0 N–H and O–H groups in total. The Labute approximate surface area is 114 Å². The van der Waals surface area contributed by atoms with Gasteiger partial charge in [-0.15, -0.1) is 0 Å². The number of rotatable bonds is 3. The van der Waals surface area contributed by atoms with Gasteiger partial charge in [0.05, 0.1) is 0 Å². The fourth-order valence-corrected chi connectivity index (χ4v) is 1.28. The Hall–Kier alpha value is -1.56. The molecule has 0 bridgehead atoms. The summed E-state index contributed by atoms with van der Waals surface area (Å²) in [6.07, 6.45) is 7.91. The molecule has 0 aromatic heterocycles. The van der Waals surface area contributed by atoms with Crippen LogP contribution in [-0.4, -0.2) is 0 Å². The van der Waals surface area contributed by atoms with Gasteiger partial charge in [-0.25, -0.2) is 0 Å². The maximum Gasteiger partial charge on any atom is -0.0187 e. The second-order valence-electron chi connectivity index (χ2n) is 3.20. The van der Waals surface area contributed by atoms with Crippen LogP contribution in [0.5, 0.6) is 0 Å². The van der Waals surface area contributed by atoms with Gasteiger partial charge in [0.1, 0.15) is 0 Å². The van der Waals surface area contributed by atoms with Gasteiger partial charge in [-0.2, -0.15) is 0 Å². The molecular formula is C18H28. The molecule has 0 heterocycles. The molecule has 0 aliphatic heterocycles. The van der Waals surface area contributed by atoms with Crippen LogP contribution in [0.15, 0.2) is 55.1 Å². The molecule has 0 saturated carbocycles. The summed E-state index contributed by atoms with van der Waals surface area (Å²) < 4.78 is 0. The van der Waals surface area contributed by atoms with E-state index < -0.39 is 0 Å². The molecule has 100 valence electrons. The van der Waals surface area contributed by atoms with Crippen molar-refractivity contribution in [2.75, 3.05) is 0 Å². The normalized spacial score (nSPS) is 10.0. The first-order chi connectivity index (χ1) is 8.77. The fraction of sp³-hybridized carbons (Fsp3) is 0.333. The molecule has 1 aromatic carbocycles. The number of hydrogen-bond acceptors (Lipinski definition) is 0. The molecule has 0 saturated heterocycles. The standard InChI is InChI=1S/C14H16.2C2H6/c1-4-6-7-13(5-2)14-10-8-12(3)9-11-14;2*1-2/h4-11H,1H2,2-3H3;2*1-2H3/b7-6-,13-5+;;. The van der Waals surface area contributed by atoms with Crippen LogP contribution in [0.4, 0.5) is 0 Å². The van der Waals surface area contributed by atoms with Crippen molar-refractivity contribution in [1.29, 1.82) is 0 Å². The van der Waals surface area contributed by atoms with Gasteiger partial charge >= 0.3 is 0 Å². The highest BCUT2D eigenvalue weighted by atomic mass is 14.0. The summed E-state index contributed by atoms with van der Waals surface area (Å²) in [4.78, 5) is 0. The van der Waals surface area contributed by atoms with Crippen molar-refractivity contribution >= 4 is 5.57 Å². The summed E-state index contributed by atoms with van der Waals surface area (Å²) in [5.41, 5.74) is 3.76. The molecule has 1 rings (SSSR count). The largest absolute Gasteiger partial charge is 0.0991 e. The van der Waals surface area contributed by atoms with Crippen LogP contribution in [-0.2, 0) is 0 Å². The van der Waals surface area contributed by atoms with E-state index >= 15 is 0 Å². The highest BCUT2D eigenvalue weighted by molar-refractivity contribution is 5.74. The monoisotopic (exact) mass is 244 g/mol. The van der Waals surface area contributed by atoms with Gasteiger partial charge < -0.3 is 0 Å². The Kier molecular flexibility index (Phi) is 14.1. The SMILES string of the molecule is C=C/C=C\C(=C/C)c1ccc(C)cc1.CC.CC. The van der Waals surface area contributed by atoms with Crippen molar-refractivity contribution in [2.45, 2.75) is 41.5 Å². The Morgan fingerprint density at radius 2 is 1.50 bits per heavy atom. The van der Waals surface area contributed by atoms with Gasteiger partial charge in [-0.1, -0.05) is 88.4 Å². The molecule has 0 fully saturated rings. The van der Waals surface area contributed by atoms with Gasteiger partial charge in [0.25, 0.3) is 0 Å². The summed E-state index contributed by atoms with van der Waals surface area (Å²) in [6, 6.07) is 8.53. The molecule has 1 aromatic rings. The van der Waals surface area contributed by atoms with Crippen LogP contribution in [0.3, 0.4) is 0 Å². The first kappa shape index (κ1) is 18.8. The van der Waals surface area contributed by atoms with Gasteiger partial charge in [0.15, 0.2) is 0 Å². The quantitative estimate of drug-likeness (QED) is 0.556. The lowest BCUT2D eigenvalue weighted by atomic mass is 10.0. The van der Waals surface area contributed by atoms with E-state index in [1.807, 2.05) is 40.7 Å². The molecular weight excluding hydrogens is 216 g/mol. The van der Waals surface area contributed by atoms with Crippen molar-refractivity contribution in [2.24, 2.45) is 0 Å². The maximum atomic E-state index is 3.66. The molecule has 0 radical (unpaired) electrons. The van der Waals surface area contributed by atoms with Crippen LogP contribution in [0.2, 0.25) is 0 Å². The average Bonchev–Trinajstić information content (AvgIpc) is 2.46. The summed E-state index contributed by atoms with van der Waals surface area (Å²) in [7, 11) is 0. The van der Waals surface area contributed by atoms with Crippen molar-refractivity contribution in [3.05, 3.63) is 66.3 Å². The first-order valence-corrected chi connectivity index (χ1v) is 6.80.